The minimum Gasteiger partial charge on any atom is -0.459 e. The van der Waals surface area contributed by atoms with Gasteiger partial charge < -0.3 is 20.0 Å². The van der Waals surface area contributed by atoms with E-state index in [0.717, 1.165) is 23.9 Å². The van der Waals surface area contributed by atoms with E-state index in [0.29, 0.717) is 5.69 Å². The average Bonchev–Trinajstić information content (AvgIpc) is 3.29. The lowest BCUT2D eigenvalue weighted by atomic mass is 10.0. The predicted octanol–water partition coefficient (Wildman–Crippen LogP) is 3.58. The molecule has 7 heteroatoms. The summed E-state index contributed by atoms with van der Waals surface area (Å²) in [5, 5.41) is 7.51. The summed E-state index contributed by atoms with van der Waals surface area (Å²) in [6.45, 7) is 3.72. The first-order valence-electron chi connectivity index (χ1n) is 9.90. The third-order valence-corrected chi connectivity index (χ3v) is 5.24. The van der Waals surface area contributed by atoms with Gasteiger partial charge in [0.2, 0.25) is 5.91 Å². The topological polar surface area (TPSA) is 87.5 Å². The summed E-state index contributed by atoms with van der Waals surface area (Å²) in [6, 6.07) is 8.40. The lowest BCUT2D eigenvalue weighted by Crippen LogP contribution is -2.41. The molecule has 0 spiro atoms. The third-order valence-electron chi connectivity index (χ3n) is 5.24. The Bertz CT molecular complexity index is 1010. The molecule has 150 valence electrons. The highest BCUT2D eigenvalue weighted by Crippen LogP contribution is 2.33. The van der Waals surface area contributed by atoms with Crippen LogP contribution in [0.3, 0.4) is 0 Å². The van der Waals surface area contributed by atoms with E-state index in [4.69, 9.17) is 4.42 Å². The summed E-state index contributed by atoms with van der Waals surface area (Å²) < 4.78 is 5.07. The number of carbonyl (C=O) groups excluding carboxylic acids is 2. The van der Waals surface area contributed by atoms with Crippen LogP contribution in [-0.4, -0.2) is 35.9 Å². The molecule has 1 aliphatic rings. The summed E-state index contributed by atoms with van der Waals surface area (Å²) >= 11 is 0. The maximum Gasteiger partial charge on any atom is 0.287 e. The summed E-state index contributed by atoms with van der Waals surface area (Å²) in [7, 11) is 0. The van der Waals surface area contributed by atoms with Crippen LogP contribution in [0.25, 0.3) is 10.8 Å². The van der Waals surface area contributed by atoms with Gasteiger partial charge in [0.05, 0.1) is 12.0 Å². The molecule has 2 amide bonds. The molecule has 0 bridgehead atoms. The number of pyridine rings is 1. The molecule has 1 aliphatic heterocycles. The Morgan fingerprint density at radius 3 is 2.69 bits per heavy atom. The zero-order valence-corrected chi connectivity index (χ0v) is 16.4. The van der Waals surface area contributed by atoms with Crippen molar-refractivity contribution in [2.75, 3.05) is 23.3 Å². The van der Waals surface area contributed by atoms with E-state index >= 15 is 0 Å². The fraction of sp³-hybridized carbons (Fsp3) is 0.318. The summed E-state index contributed by atoms with van der Waals surface area (Å²) in [5.74, 6) is -0.560. The van der Waals surface area contributed by atoms with Crippen LogP contribution in [0.1, 0.15) is 36.7 Å². The lowest BCUT2D eigenvalue weighted by molar-refractivity contribution is -0.117. The van der Waals surface area contributed by atoms with Gasteiger partial charge in [0.25, 0.3) is 5.91 Å². The van der Waals surface area contributed by atoms with E-state index in [1.807, 2.05) is 12.1 Å². The minimum absolute atomic E-state index is 0.171. The largest absolute Gasteiger partial charge is 0.459 e. The molecule has 1 saturated heterocycles. The van der Waals surface area contributed by atoms with Gasteiger partial charge in [-0.15, -0.1) is 0 Å². The molecular formula is C22H24N4O3. The van der Waals surface area contributed by atoms with Crippen LogP contribution >= 0.6 is 0 Å². The molecule has 0 radical (unpaired) electrons. The van der Waals surface area contributed by atoms with E-state index in [1.165, 1.54) is 31.2 Å². The monoisotopic (exact) mass is 392 g/mol. The first kappa shape index (κ1) is 19.0. The van der Waals surface area contributed by atoms with Crippen LogP contribution in [0.2, 0.25) is 0 Å². The van der Waals surface area contributed by atoms with E-state index in [1.54, 1.807) is 31.5 Å². The molecule has 1 aromatic carbocycles. The van der Waals surface area contributed by atoms with Crippen LogP contribution in [0.4, 0.5) is 11.4 Å². The van der Waals surface area contributed by atoms with Crippen LogP contribution in [0.15, 0.2) is 53.4 Å². The maximum atomic E-state index is 12.7. The Kier molecular flexibility index (Phi) is 5.46. The Hall–Kier alpha value is -3.35. The Labute approximate surface area is 169 Å². The molecular weight excluding hydrogens is 368 g/mol. The maximum absolute atomic E-state index is 12.7. The second-order valence-corrected chi connectivity index (χ2v) is 7.26. The number of nitrogens with zero attached hydrogens (tertiary/aromatic N) is 2. The number of hydrogen-bond donors (Lipinski definition) is 2. The van der Waals surface area contributed by atoms with Crippen molar-refractivity contribution >= 4 is 34.0 Å². The van der Waals surface area contributed by atoms with Crippen LogP contribution in [-0.2, 0) is 4.79 Å². The van der Waals surface area contributed by atoms with Gasteiger partial charge >= 0.3 is 0 Å². The molecule has 1 unspecified atom stereocenters. The SMILES string of the molecule is CC(NC(=O)c1ccco1)C(=O)Nc1ccc(N2CCCCC2)c2ccncc12. The zero-order chi connectivity index (χ0) is 20.2. The van der Waals surface area contributed by atoms with Gasteiger partial charge in [-0.05, 0) is 56.5 Å². The quantitative estimate of drug-likeness (QED) is 0.693. The van der Waals surface area contributed by atoms with Crippen LogP contribution in [0, 0.1) is 0 Å². The van der Waals surface area contributed by atoms with Crippen molar-refractivity contribution in [2.45, 2.75) is 32.2 Å². The molecule has 29 heavy (non-hydrogen) atoms. The van der Waals surface area contributed by atoms with Crippen molar-refractivity contribution in [1.82, 2.24) is 10.3 Å². The van der Waals surface area contributed by atoms with Gasteiger partial charge in [-0.1, -0.05) is 0 Å². The Morgan fingerprint density at radius 2 is 1.93 bits per heavy atom. The number of amides is 2. The first-order valence-corrected chi connectivity index (χ1v) is 9.90. The molecule has 2 N–H and O–H groups in total. The van der Waals surface area contributed by atoms with Crippen molar-refractivity contribution in [2.24, 2.45) is 0 Å². The molecule has 1 atom stereocenters. The lowest BCUT2D eigenvalue weighted by Gasteiger charge is -2.30. The van der Waals surface area contributed by atoms with Crippen molar-refractivity contribution in [3.8, 4) is 0 Å². The molecule has 7 nitrogen and oxygen atoms in total. The van der Waals surface area contributed by atoms with Crippen LogP contribution in [0.5, 0.6) is 0 Å². The van der Waals surface area contributed by atoms with E-state index in [-0.39, 0.29) is 11.7 Å². The van der Waals surface area contributed by atoms with Gasteiger partial charge in [0, 0.05) is 41.9 Å². The van der Waals surface area contributed by atoms with Gasteiger partial charge in [-0.25, -0.2) is 0 Å². The number of furan rings is 1. The minimum atomic E-state index is -0.721. The van der Waals surface area contributed by atoms with Gasteiger partial charge in [-0.2, -0.15) is 0 Å². The summed E-state index contributed by atoms with van der Waals surface area (Å²) in [6.07, 6.45) is 8.61. The molecule has 1 fully saturated rings. The van der Waals surface area contributed by atoms with Gasteiger partial charge in [0.15, 0.2) is 5.76 Å². The normalized spacial score (nSPS) is 15.1. The van der Waals surface area contributed by atoms with Crippen molar-refractivity contribution in [1.29, 1.82) is 0 Å². The zero-order valence-electron chi connectivity index (χ0n) is 16.4. The van der Waals surface area contributed by atoms with Crippen molar-refractivity contribution < 1.29 is 14.0 Å². The average molecular weight is 392 g/mol. The van der Waals surface area contributed by atoms with E-state index in [2.05, 4.69) is 26.6 Å². The second kappa shape index (κ2) is 8.34. The number of rotatable bonds is 5. The van der Waals surface area contributed by atoms with Crippen LogP contribution < -0.4 is 15.5 Å². The Balaban J connectivity index is 1.53. The predicted molar refractivity (Wildman–Crippen MR) is 112 cm³/mol. The number of nitrogens with one attached hydrogen (secondary N) is 2. The van der Waals surface area contributed by atoms with Gasteiger partial charge in [-0.3, -0.25) is 14.6 Å². The highest BCUT2D eigenvalue weighted by Gasteiger charge is 2.20. The van der Waals surface area contributed by atoms with Crippen molar-refractivity contribution in [3.63, 3.8) is 0 Å². The fourth-order valence-corrected chi connectivity index (χ4v) is 3.68. The number of anilines is 2. The number of hydrogen-bond acceptors (Lipinski definition) is 5. The number of fused-ring (bicyclic) bond motifs is 1. The standard InChI is InChI=1S/C22H24N4O3/c1-15(24-22(28)20-6-5-13-29-20)21(27)25-18-7-8-19(26-11-3-2-4-12-26)16-9-10-23-14-17(16)18/h5-10,13-15H,2-4,11-12H2,1H3,(H,24,28)(H,25,27). The van der Waals surface area contributed by atoms with E-state index < -0.39 is 11.9 Å². The molecule has 3 aromatic rings. The van der Waals surface area contributed by atoms with Gasteiger partial charge in [0.1, 0.15) is 6.04 Å². The fourth-order valence-electron chi connectivity index (χ4n) is 3.68. The summed E-state index contributed by atoms with van der Waals surface area (Å²) in [5.41, 5.74) is 1.84. The molecule has 0 saturated carbocycles. The molecule has 3 heterocycles. The number of carbonyl (C=O) groups is 2. The molecule has 4 rings (SSSR count). The number of benzene rings is 1. The smallest absolute Gasteiger partial charge is 0.287 e. The van der Waals surface area contributed by atoms with Crippen molar-refractivity contribution in [3.05, 3.63) is 54.7 Å². The first-order chi connectivity index (χ1) is 14.1. The third kappa shape index (κ3) is 4.08. The molecule has 2 aromatic heterocycles. The second-order valence-electron chi connectivity index (χ2n) is 7.26. The molecule has 0 aliphatic carbocycles. The Morgan fingerprint density at radius 1 is 1.10 bits per heavy atom. The number of aromatic nitrogens is 1. The highest BCUT2D eigenvalue weighted by atomic mass is 16.3. The van der Waals surface area contributed by atoms with E-state index in [9.17, 15) is 9.59 Å². The number of piperidine rings is 1. The summed E-state index contributed by atoms with van der Waals surface area (Å²) in [4.78, 5) is 31.4. The highest BCUT2D eigenvalue weighted by molar-refractivity contribution is 6.08.